The molecule has 0 saturated carbocycles. The third kappa shape index (κ3) is 4.32. The van der Waals surface area contributed by atoms with Crippen LogP contribution >= 0.6 is 0 Å². The molecular formula is C14H18O6. The van der Waals surface area contributed by atoms with Gasteiger partial charge in [0.2, 0.25) is 0 Å². The second-order valence-electron chi connectivity index (χ2n) is 4.23. The molecule has 0 aliphatic rings. The van der Waals surface area contributed by atoms with Crippen molar-refractivity contribution in [3.8, 4) is 0 Å². The molecule has 0 heterocycles. The Kier molecular flexibility index (Phi) is 6.14. The van der Waals surface area contributed by atoms with E-state index in [1.165, 1.54) is 12.1 Å². The van der Waals surface area contributed by atoms with E-state index in [2.05, 4.69) is 0 Å². The van der Waals surface area contributed by atoms with Crippen LogP contribution in [0.1, 0.15) is 36.1 Å². The Balaban J connectivity index is 2.89. The minimum Gasteiger partial charge on any atom is -0.479 e. The number of aliphatic hydroxyl groups is 2. The molecule has 20 heavy (non-hydrogen) atoms. The molecule has 6 nitrogen and oxygen atoms in total. The maximum atomic E-state index is 11.3. The van der Waals surface area contributed by atoms with Gasteiger partial charge in [0.05, 0.1) is 13.2 Å². The van der Waals surface area contributed by atoms with E-state index in [4.69, 9.17) is 9.84 Å². The van der Waals surface area contributed by atoms with E-state index >= 15 is 0 Å². The normalized spacial score (nSPS) is 11.9. The van der Waals surface area contributed by atoms with Crippen molar-refractivity contribution >= 4 is 11.9 Å². The van der Waals surface area contributed by atoms with Gasteiger partial charge in [0.25, 0.3) is 0 Å². The van der Waals surface area contributed by atoms with Crippen molar-refractivity contribution in [1.82, 2.24) is 0 Å². The van der Waals surface area contributed by atoms with Crippen LogP contribution in [-0.2, 0) is 27.4 Å². The monoisotopic (exact) mass is 282 g/mol. The second-order valence-corrected chi connectivity index (χ2v) is 4.23. The number of benzene rings is 1. The van der Waals surface area contributed by atoms with Crippen LogP contribution in [0.3, 0.4) is 0 Å². The lowest BCUT2D eigenvalue weighted by atomic mass is 9.98. The fourth-order valence-corrected chi connectivity index (χ4v) is 1.82. The number of aliphatic hydroxyl groups excluding tert-OH is 2. The van der Waals surface area contributed by atoms with Gasteiger partial charge in [-0.2, -0.15) is 0 Å². The summed E-state index contributed by atoms with van der Waals surface area (Å²) in [6.07, 6.45) is -1.17. The quantitative estimate of drug-likeness (QED) is 0.639. The molecule has 3 N–H and O–H groups in total. The van der Waals surface area contributed by atoms with Crippen LogP contribution in [-0.4, -0.2) is 33.9 Å². The first-order chi connectivity index (χ1) is 9.49. The Morgan fingerprint density at radius 3 is 2.55 bits per heavy atom. The van der Waals surface area contributed by atoms with E-state index in [1.54, 1.807) is 13.0 Å². The number of carbonyl (C=O) groups excluding carboxylic acids is 1. The highest BCUT2D eigenvalue weighted by atomic mass is 16.5. The van der Waals surface area contributed by atoms with Crippen molar-refractivity contribution in [3.05, 3.63) is 34.9 Å². The number of carbonyl (C=O) groups is 2. The molecule has 1 atom stereocenters. The number of aliphatic carboxylic acids is 1. The zero-order valence-corrected chi connectivity index (χ0v) is 11.2. The SMILES string of the molecule is CCOC(=O)CCc1cc(C(O)C(=O)O)ccc1CO. The summed E-state index contributed by atoms with van der Waals surface area (Å²) < 4.78 is 4.81. The van der Waals surface area contributed by atoms with Crippen LogP contribution in [0.2, 0.25) is 0 Å². The van der Waals surface area contributed by atoms with Crippen LogP contribution in [0, 0.1) is 0 Å². The van der Waals surface area contributed by atoms with Gasteiger partial charge < -0.3 is 20.1 Å². The van der Waals surface area contributed by atoms with Crippen LogP contribution in [0.15, 0.2) is 18.2 Å². The molecule has 1 aromatic carbocycles. The van der Waals surface area contributed by atoms with Gasteiger partial charge in [-0.25, -0.2) is 4.79 Å². The van der Waals surface area contributed by atoms with E-state index in [0.29, 0.717) is 24.2 Å². The number of hydrogen-bond donors (Lipinski definition) is 3. The number of ether oxygens (including phenoxy) is 1. The van der Waals surface area contributed by atoms with Crippen molar-refractivity contribution in [2.45, 2.75) is 32.5 Å². The Hall–Kier alpha value is -1.92. The highest BCUT2D eigenvalue weighted by molar-refractivity contribution is 5.74. The van der Waals surface area contributed by atoms with Crippen molar-refractivity contribution in [1.29, 1.82) is 0 Å². The molecule has 0 saturated heterocycles. The highest BCUT2D eigenvalue weighted by Crippen LogP contribution is 2.20. The minimum atomic E-state index is -1.62. The maximum Gasteiger partial charge on any atom is 0.337 e. The molecular weight excluding hydrogens is 264 g/mol. The van der Waals surface area contributed by atoms with Gasteiger partial charge in [-0.1, -0.05) is 18.2 Å². The molecule has 0 aliphatic carbocycles. The Bertz CT molecular complexity index is 483. The zero-order chi connectivity index (χ0) is 15.1. The van der Waals surface area contributed by atoms with Crippen LogP contribution in [0.25, 0.3) is 0 Å². The molecule has 1 unspecified atom stereocenters. The van der Waals surface area contributed by atoms with E-state index < -0.39 is 12.1 Å². The molecule has 110 valence electrons. The summed E-state index contributed by atoms with van der Waals surface area (Å²) in [6, 6.07) is 4.48. The van der Waals surface area contributed by atoms with Crippen molar-refractivity contribution in [2.24, 2.45) is 0 Å². The lowest BCUT2D eigenvalue weighted by molar-refractivity contribution is -0.147. The predicted octanol–water partition coefficient (Wildman–Crippen LogP) is 0.793. The third-order valence-corrected chi connectivity index (χ3v) is 2.85. The predicted molar refractivity (Wildman–Crippen MR) is 69.9 cm³/mol. The maximum absolute atomic E-state index is 11.3. The molecule has 0 spiro atoms. The van der Waals surface area contributed by atoms with Gasteiger partial charge in [0.1, 0.15) is 0 Å². The molecule has 0 bridgehead atoms. The fraction of sp³-hybridized carbons (Fsp3) is 0.429. The Morgan fingerprint density at radius 1 is 1.30 bits per heavy atom. The van der Waals surface area contributed by atoms with Gasteiger partial charge in [-0.3, -0.25) is 4.79 Å². The van der Waals surface area contributed by atoms with Gasteiger partial charge in [-0.15, -0.1) is 0 Å². The highest BCUT2D eigenvalue weighted by Gasteiger charge is 2.17. The number of esters is 1. The molecule has 0 aromatic heterocycles. The van der Waals surface area contributed by atoms with Crippen LogP contribution in [0.5, 0.6) is 0 Å². The van der Waals surface area contributed by atoms with E-state index in [1.807, 2.05) is 0 Å². The zero-order valence-electron chi connectivity index (χ0n) is 11.2. The number of aryl methyl sites for hydroxylation is 1. The van der Waals surface area contributed by atoms with E-state index in [0.717, 1.165) is 0 Å². The van der Waals surface area contributed by atoms with Gasteiger partial charge in [0, 0.05) is 6.42 Å². The van der Waals surface area contributed by atoms with Gasteiger partial charge >= 0.3 is 11.9 Å². The average Bonchev–Trinajstić information content (AvgIpc) is 2.44. The third-order valence-electron chi connectivity index (χ3n) is 2.85. The van der Waals surface area contributed by atoms with E-state index in [-0.39, 0.29) is 24.6 Å². The average molecular weight is 282 g/mol. The second kappa shape index (κ2) is 7.62. The smallest absolute Gasteiger partial charge is 0.337 e. The summed E-state index contributed by atoms with van der Waals surface area (Å²) in [6.45, 7) is 1.78. The summed E-state index contributed by atoms with van der Waals surface area (Å²) in [5.41, 5.74) is 1.43. The van der Waals surface area contributed by atoms with E-state index in [9.17, 15) is 19.8 Å². The molecule has 0 radical (unpaired) electrons. The molecule has 0 fully saturated rings. The summed E-state index contributed by atoms with van der Waals surface area (Å²) in [4.78, 5) is 22.1. The number of hydrogen-bond acceptors (Lipinski definition) is 5. The van der Waals surface area contributed by atoms with Gasteiger partial charge in [-0.05, 0) is 30.0 Å². The number of carboxylic acid groups (broad SMARTS) is 1. The van der Waals surface area contributed by atoms with Crippen molar-refractivity contribution in [3.63, 3.8) is 0 Å². The first kappa shape index (κ1) is 16.1. The molecule has 1 aromatic rings. The minimum absolute atomic E-state index is 0.132. The Morgan fingerprint density at radius 2 is 2.00 bits per heavy atom. The molecule has 0 amide bonds. The fourth-order valence-electron chi connectivity index (χ4n) is 1.82. The van der Waals surface area contributed by atoms with Crippen molar-refractivity contribution < 1.29 is 29.6 Å². The van der Waals surface area contributed by atoms with Crippen LogP contribution < -0.4 is 0 Å². The molecule has 1 rings (SSSR count). The van der Waals surface area contributed by atoms with Crippen LogP contribution in [0.4, 0.5) is 0 Å². The first-order valence-electron chi connectivity index (χ1n) is 6.28. The lowest BCUT2D eigenvalue weighted by Gasteiger charge is -2.12. The lowest BCUT2D eigenvalue weighted by Crippen LogP contribution is -2.12. The summed E-state index contributed by atoms with van der Waals surface area (Å²) in [5.74, 6) is -1.71. The summed E-state index contributed by atoms with van der Waals surface area (Å²) >= 11 is 0. The summed E-state index contributed by atoms with van der Waals surface area (Å²) in [7, 11) is 0. The standard InChI is InChI=1S/C14H18O6/c1-2-20-12(16)6-5-9-7-10(13(17)14(18)19)3-4-11(9)8-15/h3-4,7,13,15,17H,2,5-6,8H2,1H3,(H,18,19). The number of rotatable bonds is 7. The Labute approximate surface area is 116 Å². The topological polar surface area (TPSA) is 104 Å². The van der Waals surface area contributed by atoms with Crippen molar-refractivity contribution in [2.75, 3.05) is 6.61 Å². The van der Waals surface area contributed by atoms with Gasteiger partial charge in [0.15, 0.2) is 6.10 Å². The largest absolute Gasteiger partial charge is 0.479 e. The molecule has 0 aliphatic heterocycles. The summed E-state index contributed by atoms with van der Waals surface area (Å²) in [5, 5.41) is 27.5. The first-order valence-corrected chi connectivity index (χ1v) is 6.28. The molecule has 6 heteroatoms. The number of carboxylic acids is 1.